The van der Waals surface area contributed by atoms with Crippen molar-refractivity contribution in [3.8, 4) is 0 Å². The number of hydrogen-bond donors (Lipinski definition) is 3. The molecule has 29 heavy (non-hydrogen) atoms. The van der Waals surface area contributed by atoms with Crippen LogP contribution in [0.2, 0.25) is 0 Å². The molecule has 0 unspecified atom stereocenters. The number of benzene rings is 2. The lowest BCUT2D eigenvalue weighted by atomic mass is 9.82. The van der Waals surface area contributed by atoms with Crippen LogP contribution in [0.1, 0.15) is 42.2 Å². The lowest BCUT2D eigenvalue weighted by Gasteiger charge is -2.31. The van der Waals surface area contributed by atoms with E-state index in [2.05, 4.69) is 12.4 Å². The fourth-order valence-corrected chi connectivity index (χ4v) is 3.99. The van der Waals surface area contributed by atoms with Crippen molar-refractivity contribution in [1.29, 1.82) is 0 Å². The Hall–Kier alpha value is -3.03. The Bertz CT molecular complexity index is 994. The van der Waals surface area contributed by atoms with Gasteiger partial charge in [0.25, 0.3) is 5.91 Å². The van der Waals surface area contributed by atoms with Gasteiger partial charge in [0, 0.05) is 23.2 Å². The van der Waals surface area contributed by atoms with Crippen molar-refractivity contribution in [2.75, 3.05) is 51.7 Å². The van der Waals surface area contributed by atoms with E-state index < -0.39 is 0 Å². The van der Waals surface area contributed by atoms with E-state index in [1.807, 2.05) is 0 Å². The molecule has 0 aromatic heterocycles. The van der Waals surface area contributed by atoms with E-state index in [1.165, 1.54) is 4.90 Å². The molecule has 0 atom stereocenters. The Morgan fingerprint density at radius 1 is 1.03 bits per heavy atom. The second kappa shape index (κ2) is 7.77. The van der Waals surface area contributed by atoms with Crippen LogP contribution < -0.4 is 10.2 Å². The molecule has 150 valence electrons. The molecular formula is C22H24N3O4+. The number of likely N-dealkylation sites (N-methyl/N-ethyl adjacent to an activating group) is 1. The van der Waals surface area contributed by atoms with Crippen molar-refractivity contribution in [2.24, 2.45) is 0 Å². The maximum atomic E-state index is 13.2. The number of piperazine rings is 1. The standard InChI is InChI=1S/C22H23N3O4/c1-24-9-11-25(12-10-24)22(29)17-7-6-16-18(19(17)23-8-13-26)21(28)15-5-3-2-4-14(15)20(16)27/h2-7,23,26H,8-13H2,1H3/p+1. The van der Waals surface area contributed by atoms with E-state index in [0.29, 0.717) is 35.5 Å². The summed E-state index contributed by atoms with van der Waals surface area (Å²) in [7, 11) is 2.09. The van der Waals surface area contributed by atoms with Gasteiger partial charge in [0.1, 0.15) is 0 Å². The highest BCUT2D eigenvalue weighted by Gasteiger charge is 2.34. The minimum absolute atomic E-state index is 0.159. The van der Waals surface area contributed by atoms with Crippen molar-refractivity contribution in [2.45, 2.75) is 0 Å². The van der Waals surface area contributed by atoms with Crippen LogP contribution in [0.25, 0.3) is 0 Å². The Morgan fingerprint density at radius 3 is 2.34 bits per heavy atom. The summed E-state index contributed by atoms with van der Waals surface area (Å²) in [4.78, 5) is 42.6. The number of amides is 1. The van der Waals surface area contributed by atoms with Gasteiger partial charge in [-0.25, -0.2) is 0 Å². The SMILES string of the molecule is C[NH+]1CCN(C(=O)c2ccc3c(c2NCCO)C(=O)c2ccccc2C3=O)CC1. The number of fused-ring (bicyclic) bond motifs is 2. The highest BCUT2D eigenvalue weighted by Crippen LogP contribution is 2.34. The van der Waals surface area contributed by atoms with E-state index >= 15 is 0 Å². The number of anilines is 1. The summed E-state index contributed by atoms with van der Waals surface area (Å²) in [6.45, 7) is 3.01. The number of hydrogen-bond acceptors (Lipinski definition) is 5. The van der Waals surface area contributed by atoms with Crippen LogP contribution in [-0.2, 0) is 0 Å². The maximum absolute atomic E-state index is 13.2. The number of quaternary nitrogens is 1. The molecular weight excluding hydrogens is 370 g/mol. The zero-order valence-corrected chi connectivity index (χ0v) is 16.3. The Labute approximate surface area is 168 Å². The van der Waals surface area contributed by atoms with Crippen LogP contribution in [-0.4, -0.2) is 73.9 Å². The number of aliphatic hydroxyl groups is 1. The molecule has 1 saturated heterocycles. The molecule has 1 amide bonds. The number of rotatable bonds is 4. The highest BCUT2D eigenvalue weighted by atomic mass is 16.3. The lowest BCUT2D eigenvalue weighted by molar-refractivity contribution is -0.883. The van der Waals surface area contributed by atoms with Crippen molar-refractivity contribution in [3.05, 3.63) is 64.2 Å². The van der Waals surface area contributed by atoms with Gasteiger partial charge in [-0.05, 0) is 12.1 Å². The molecule has 2 aliphatic rings. The Kier molecular flexibility index (Phi) is 5.17. The molecule has 0 radical (unpaired) electrons. The van der Waals surface area contributed by atoms with Gasteiger partial charge < -0.3 is 20.2 Å². The monoisotopic (exact) mass is 394 g/mol. The summed E-state index contributed by atoms with van der Waals surface area (Å²) in [5.74, 6) is -0.683. The third-order valence-electron chi connectivity index (χ3n) is 5.64. The van der Waals surface area contributed by atoms with E-state index in [4.69, 9.17) is 0 Å². The largest absolute Gasteiger partial charge is 0.395 e. The highest BCUT2D eigenvalue weighted by molar-refractivity contribution is 6.31. The van der Waals surface area contributed by atoms with E-state index in [0.717, 1.165) is 13.1 Å². The lowest BCUT2D eigenvalue weighted by Crippen LogP contribution is -3.12. The average Bonchev–Trinajstić information content (AvgIpc) is 2.75. The molecule has 1 aliphatic carbocycles. The van der Waals surface area contributed by atoms with Gasteiger partial charge in [-0.15, -0.1) is 0 Å². The Balaban J connectivity index is 1.81. The van der Waals surface area contributed by atoms with Crippen LogP contribution >= 0.6 is 0 Å². The first-order valence-corrected chi connectivity index (χ1v) is 9.83. The fraction of sp³-hybridized carbons (Fsp3) is 0.318. The molecule has 7 heteroatoms. The van der Waals surface area contributed by atoms with Crippen LogP contribution in [0.3, 0.4) is 0 Å². The van der Waals surface area contributed by atoms with Gasteiger partial charge in [0.05, 0.1) is 56.6 Å². The van der Waals surface area contributed by atoms with Crippen molar-refractivity contribution in [1.82, 2.24) is 4.90 Å². The van der Waals surface area contributed by atoms with Crippen LogP contribution in [0.5, 0.6) is 0 Å². The van der Waals surface area contributed by atoms with Crippen LogP contribution in [0, 0.1) is 0 Å². The first-order valence-electron chi connectivity index (χ1n) is 9.83. The topological polar surface area (TPSA) is 91.2 Å². The number of carbonyl (C=O) groups is 3. The van der Waals surface area contributed by atoms with Gasteiger partial charge in [0.15, 0.2) is 11.6 Å². The summed E-state index contributed by atoms with van der Waals surface area (Å²) in [6.07, 6.45) is 0. The van der Waals surface area contributed by atoms with Crippen LogP contribution in [0.4, 0.5) is 5.69 Å². The molecule has 4 rings (SSSR count). The third kappa shape index (κ3) is 3.32. The van der Waals surface area contributed by atoms with Crippen molar-refractivity contribution >= 4 is 23.2 Å². The first-order chi connectivity index (χ1) is 14.0. The molecule has 1 fully saturated rings. The fourth-order valence-electron chi connectivity index (χ4n) is 3.99. The number of carbonyl (C=O) groups excluding carboxylic acids is 3. The minimum atomic E-state index is -0.284. The summed E-state index contributed by atoms with van der Waals surface area (Å²) >= 11 is 0. The second-order valence-corrected chi connectivity index (χ2v) is 7.51. The quantitative estimate of drug-likeness (QED) is 0.572. The molecule has 1 heterocycles. The molecule has 2 aromatic carbocycles. The van der Waals surface area contributed by atoms with Gasteiger partial charge in [-0.3, -0.25) is 14.4 Å². The molecule has 3 N–H and O–H groups in total. The van der Waals surface area contributed by atoms with Gasteiger partial charge in [-0.1, -0.05) is 24.3 Å². The number of nitrogens with one attached hydrogen (secondary N) is 2. The normalized spacial score (nSPS) is 16.4. The molecule has 7 nitrogen and oxygen atoms in total. The predicted octanol–water partition coefficient (Wildman–Crippen LogP) is -0.163. The summed E-state index contributed by atoms with van der Waals surface area (Å²) in [5.41, 5.74) is 1.91. The second-order valence-electron chi connectivity index (χ2n) is 7.51. The molecule has 0 bridgehead atoms. The van der Waals surface area contributed by atoms with Gasteiger partial charge in [-0.2, -0.15) is 0 Å². The zero-order valence-electron chi connectivity index (χ0n) is 16.3. The summed E-state index contributed by atoms with van der Waals surface area (Å²) < 4.78 is 0. The molecule has 0 spiro atoms. The Morgan fingerprint density at radius 2 is 1.69 bits per heavy atom. The average molecular weight is 394 g/mol. The zero-order chi connectivity index (χ0) is 20.5. The molecule has 0 saturated carbocycles. The van der Waals surface area contributed by atoms with E-state index in [1.54, 1.807) is 41.3 Å². The summed E-state index contributed by atoms with van der Waals surface area (Å²) in [5, 5.41) is 12.3. The van der Waals surface area contributed by atoms with Gasteiger partial charge in [0.2, 0.25) is 0 Å². The number of nitrogens with zero attached hydrogens (tertiary/aromatic N) is 1. The van der Waals surface area contributed by atoms with Crippen molar-refractivity contribution in [3.63, 3.8) is 0 Å². The number of aliphatic hydroxyl groups excluding tert-OH is 1. The third-order valence-corrected chi connectivity index (χ3v) is 5.64. The number of ketones is 2. The van der Waals surface area contributed by atoms with E-state index in [-0.39, 0.29) is 41.8 Å². The maximum Gasteiger partial charge on any atom is 0.256 e. The smallest absolute Gasteiger partial charge is 0.256 e. The van der Waals surface area contributed by atoms with E-state index in [9.17, 15) is 19.5 Å². The molecule has 2 aromatic rings. The van der Waals surface area contributed by atoms with Gasteiger partial charge >= 0.3 is 0 Å². The minimum Gasteiger partial charge on any atom is -0.395 e. The van der Waals surface area contributed by atoms with Crippen LogP contribution in [0.15, 0.2) is 36.4 Å². The summed E-state index contributed by atoms with van der Waals surface area (Å²) in [6, 6.07) is 9.91. The molecule has 1 aliphatic heterocycles. The van der Waals surface area contributed by atoms with Crippen molar-refractivity contribution < 1.29 is 24.4 Å². The first kappa shape index (κ1) is 19.3. The predicted molar refractivity (Wildman–Crippen MR) is 108 cm³/mol.